The van der Waals surface area contributed by atoms with Crippen molar-refractivity contribution in [3.8, 4) is 11.8 Å². The number of hydrogen-bond donors (Lipinski definition) is 2. The SMILES string of the molecule is CCCCC(O)C(O)C#CCCCOC(=O)c1ccccc1. The van der Waals surface area contributed by atoms with Gasteiger partial charge in [0.25, 0.3) is 0 Å². The molecule has 0 heterocycles. The van der Waals surface area contributed by atoms with Crippen LogP contribution in [-0.4, -0.2) is 35.0 Å². The van der Waals surface area contributed by atoms with Gasteiger partial charge in [-0.25, -0.2) is 4.79 Å². The van der Waals surface area contributed by atoms with Crippen LogP contribution in [0.5, 0.6) is 0 Å². The molecule has 0 radical (unpaired) electrons. The van der Waals surface area contributed by atoms with Crippen LogP contribution >= 0.6 is 0 Å². The van der Waals surface area contributed by atoms with Crippen LogP contribution < -0.4 is 0 Å². The van der Waals surface area contributed by atoms with E-state index in [1.807, 2.05) is 13.0 Å². The van der Waals surface area contributed by atoms with Crippen LogP contribution in [0.3, 0.4) is 0 Å². The highest BCUT2D eigenvalue weighted by molar-refractivity contribution is 5.89. The first kappa shape index (κ1) is 18.2. The predicted octanol–water partition coefficient (Wildman–Crippen LogP) is 2.54. The summed E-state index contributed by atoms with van der Waals surface area (Å²) in [5.74, 6) is 5.09. The largest absolute Gasteiger partial charge is 0.462 e. The molecule has 1 rings (SSSR count). The van der Waals surface area contributed by atoms with Gasteiger partial charge in [0.05, 0.1) is 18.3 Å². The Kier molecular flexibility index (Phi) is 8.97. The standard InChI is InChI=1S/C18H24O4/c1-2-3-12-16(19)17(20)13-8-5-9-14-22-18(21)15-10-6-4-7-11-15/h4,6-7,10-11,16-17,19-20H,2-3,5,9,12,14H2,1H3. The van der Waals surface area contributed by atoms with Crippen LogP contribution in [0, 0.1) is 11.8 Å². The molecule has 0 spiro atoms. The number of carbonyl (C=O) groups is 1. The van der Waals surface area contributed by atoms with Gasteiger partial charge >= 0.3 is 5.97 Å². The van der Waals surface area contributed by atoms with E-state index in [0.717, 1.165) is 12.8 Å². The maximum Gasteiger partial charge on any atom is 0.338 e. The number of rotatable bonds is 8. The van der Waals surface area contributed by atoms with Crippen molar-refractivity contribution in [1.29, 1.82) is 0 Å². The normalized spacial score (nSPS) is 12.9. The van der Waals surface area contributed by atoms with Gasteiger partial charge in [-0.3, -0.25) is 0 Å². The lowest BCUT2D eigenvalue weighted by Gasteiger charge is -2.11. The van der Waals surface area contributed by atoms with E-state index < -0.39 is 12.2 Å². The zero-order valence-electron chi connectivity index (χ0n) is 13.0. The molecule has 0 bridgehead atoms. The third-order valence-electron chi connectivity index (χ3n) is 3.16. The summed E-state index contributed by atoms with van der Waals surface area (Å²) in [5.41, 5.74) is 0.531. The Morgan fingerprint density at radius 1 is 1.23 bits per heavy atom. The van der Waals surface area contributed by atoms with Gasteiger partial charge in [0.1, 0.15) is 6.10 Å². The second-order valence-corrected chi connectivity index (χ2v) is 5.08. The van der Waals surface area contributed by atoms with E-state index in [2.05, 4.69) is 11.8 Å². The molecular weight excluding hydrogens is 280 g/mol. The summed E-state index contributed by atoms with van der Waals surface area (Å²) in [6, 6.07) is 8.82. The zero-order chi connectivity index (χ0) is 16.2. The second-order valence-electron chi connectivity index (χ2n) is 5.08. The molecule has 2 unspecified atom stereocenters. The first-order chi connectivity index (χ1) is 10.6. The van der Waals surface area contributed by atoms with Crippen molar-refractivity contribution in [1.82, 2.24) is 0 Å². The van der Waals surface area contributed by atoms with Crippen LogP contribution in [0.15, 0.2) is 30.3 Å². The molecule has 0 saturated heterocycles. The van der Waals surface area contributed by atoms with Crippen LogP contribution in [0.2, 0.25) is 0 Å². The number of esters is 1. The van der Waals surface area contributed by atoms with E-state index in [9.17, 15) is 15.0 Å². The van der Waals surface area contributed by atoms with Crippen molar-refractivity contribution in [3.05, 3.63) is 35.9 Å². The maximum absolute atomic E-state index is 11.6. The molecule has 0 fully saturated rings. The minimum absolute atomic E-state index is 0.289. The van der Waals surface area contributed by atoms with E-state index in [4.69, 9.17) is 4.74 Å². The lowest BCUT2D eigenvalue weighted by molar-refractivity contribution is 0.0471. The smallest absolute Gasteiger partial charge is 0.338 e. The fourth-order valence-electron chi connectivity index (χ4n) is 1.83. The molecule has 2 atom stereocenters. The number of hydrogen-bond acceptors (Lipinski definition) is 4. The summed E-state index contributed by atoms with van der Waals surface area (Å²) in [4.78, 5) is 11.6. The van der Waals surface area contributed by atoms with Crippen LogP contribution in [0.1, 0.15) is 49.4 Å². The average molecular weight is 304 g/mol. The fraction of sp³-hybridized carbons (Fsp3) is 0.500. The van der Waals surface area contributed by atoms with Gasteiger partial charge in [-0.2, -0.15) is 0 Å². The van der Waals surface area contributed by atoms with Crippen molar-refractivity contribution in [2.75, 3.05) is 6.61 Å². The van der Waals surface area contributed by atoms with Crippen molar-refractivity contribution in [2.24, 2.45) is 0 Å². The number of aliphatic hydroxyl groups excluding tert-OH is 2. The maximum atomic E-state index is 11.6. The summed E-state index contributed by atoms with van der Waals surface area (Å²) in [5, 5.41) is 19.3. The summed E-state index contributed by atoms with van der Waals surface area (Å²) in [7, 11) is 0. The predicted molar refractivity (Wildman–Crippen MR) is 85.3 cm³/mol. The zero-order valence-corrected chi connectivity index (χ0v) is 13.0. The first-order valence-electron chi connectivity index (χ1n) is 7.71. The van der Waals surface area contributed by atoms with E-state index in [-0.39, 0.29) is 12.6 Å². The third-order valence-corrected chi connectivity index (χ3v) is 3.16. The van der Waals surface area contributed by atoms with Gasteiger partial charge in [0.2, 0.25) is 0 Å². The third kappa shape index (κ3) is 7.26. The highest BCUT2D eigenvalue weighted by atomic mass is 16.5. The van der Waals surface area contributed by atoms with Gasteiger partial charge in [0.15, 0.2) is 0 Å². The van der Waals surface area contributed by atoms with Crippen molar-refractivity contribution < 1.29 is 19.7 Å². The van der Waals surface area contributed by atoms with Crippen molar-refractivity contribution in [2.45, 2.75) is 51.2 Å². The average Bonchev–Trinajstić information content (AvgIpc) is 2.56. The second kappa shape index (κ2) is 10.8. The first-order valence-corrected chi connectivity index (χ1v) is 7.71. The van der Waals surface area contributed by atoms with Crippen molar-refractivity contribution >= 4 is 5.97 Å². The van der Waals surface area contributed by atoms with E-state index in [1.165, 1.54) is 0 Å². The lowest BCUT2D eigenvalue weighted by Crippen LogP contribution is -2.23. The van der Waals surface area contributed by atoms with Crippen LogP contribution in [0.4, 0.5) is 0 Å². The minimum Gasteiger partial charge on any atom is -0.462 e. The van der Waals surface area contributed by atoms with E-state index in [0.29, 0.717) is 24.8 Å². The molecule has 120 valence electrons. The summed E-state index contributed by atoms with van der Waals surface area (Å²) >= 11 is 0. The van der Waals surface area contributed by atoms with Gasteiger partial charge in [0, 0.05) is 6.42 Å². The summed E-state index contributed by atoms with van der Waals surface area (Å²) in [6.45, 7) is 2.32. The fourth-order valence-corrected chi connectivity index (χ4v) is 1.83. The molecule has 1 aromatic rings. The number of benzene rings is 1. The molecule has 0 amide bonds. The van der Waals surface area contributed by atoms with Gasteiger partial charge < -0.3 is 14.9 Å². The van der Waals surface area contributed by atoms with Crippen LogP contribution in [-0.2, 0) is 4.74 Å². The molecule has 22 heavy (non-hydrogen) atoms. The number of aliphatic hydroxyl groups is 2. The van der Waals surface area contributed by atoms with E-state index in [1.54, 1.807) is 24.3 Å². The molecule has 4 nitrogen and oxygen atoms in total. The Morgan fingerprint density at radius 3 is 2.64 bits per heavy atom. The monoisotopic (exact) mass is 304 g/mol. The molecule has 2 N–H and O–H groups in total. The Bertz CT molecular complexity index is 487. The number of unbranched alkanes of at least 4 members (excludes halogenated alkanes) is 2. The number of ether oxygens (including phenoxy) is 1. The number of carbonyl (C=O) groups excluding carboxylic acids is 1. The molecule has 4 heteroatoms. The molecular formula is C18H24O4. The molecule has 0 aliphatic rings. The van der Waals surface area contributed by atoms with Gasteiger partial charge in [-0.15, -0.1) is 5.92 Å². The summed E-state index contributed by atoms with van der Waals surface area (Å²) < 4.78 is 5.12. The molecule has 0 aliphatic heterocycles. The molecule has 0 saturated carbocycles. The molecule has 0 aromatic heterocycles. The molecule has 1 aromatic carbocycles. The Morgan fingerprint density at radius 2 is 1.95 bits per heavy atom. The summed E-state index contributed by atoms with van der Waals surface area (Å²) in [6.07, 6.45) is 1.73. The van der Waals surface area contributed by atoms with Gasteiger partial charge in [-0.05, 0) is 25.0 Å². The highest BCUT2D eigenvalue weighted by Crippen LogP contribution is 2.04. The highest BCUT2D eigenvalue weighted by Gasteiger charge is 2.12. The molecule has 0 aliphatic carbocycles. The van der Waals surface area contributed by atoms with Gasteiger partial charge in [-0.1, -0.05) is 43.9 Å². The van der Waals surface area contributed by atoms with E-state index >= 15 is 0 Å². The van der Waals surface area contributed by atoms with Crippen LogP contribution in [0.25, 0.3) is 0 Å². The van der Waals surface area contributed by atoms with Crippen molar-refractivity contribution in [3.63, 3.8) is 0 Å². The lowest BCUT2D eigenvalue weighted by atomic mass is 10.1. The topological polar surface area (TPSA) is 66.8 Å². The Balaban J connectivity index is 2.18. The Labute approximate surface area is 132 Å². The minimum atomic E-state index is -1.00. The quantitative estimate of drug-likeness (QED) is 0.440. The Hall–Kier alpha value is -1.83.